The van der Waals surface area contributed by atoms with Crippen LogP contribution in [0.15, 0.2) is 200 Å². The summed E-state index contributed by atoms with van der Waals surface area (Å²) in [5, 5.41) is 6.71. The van der Waals surface area contributed by atoms with Crippen LogP contribution >= 0.6 is 11.3 Å². The number of para-hydroxylation sites is 2. The van der Waals surface area contributed by atoms with Crippen molar-refractivity contribution in [2.75, 3.05) is 10.2 Å². The van der Waals surface area contributed by atoms with Gasteiger partial charge in [-0.3, -0.25) is 0 Å². The van der Waals surface area contributed by atoms with E-state index in [4.69, 9.17) is 0 Å². The van der Waals surface area contributed by atoms with Crippen molar-refractivity contribution in [3.8, 4) is 22.3 Å². The number of rotatable bonds is 6. The number of fused-ring (bicyclic) bond motifs is 8. The third kappa shape index (κ3) is 6.02. The topological polar surface area (TPSA) is 15.3 Å². The summed E-state index contributed by atoms with van der Waals surface area (Å²) in [4.78, 5) is 2.63. The molecule has 0 atom stereocenters. The Bertz CT molecular complexity index is 3550. The zero-order valence-electron chi connectivity index (χ0n) is 38.5. The van der Waals surface area contributed by atoms with Gasteiger partial charge in [-0.1, -0.05) is 191 Å². The first-order valence-corrected chi connectivity index (χ1v) is 24.7. The molecule has 322 valence electrons. The monoisotopic (exact) mass is 878 g/mol. The molecule has 0 bridgehead atoms. The average Bonchev–Trinajstić information content (AvgIpc) is 3.75. The molecule has 0 saturated heterocycles. The van der Waals surface area contributed by atoms with Gasteiger partial charge >= 0.3 is 0 Å². The molecular formula is C63H51BN2S. The van der Waals surface area contributed by atoms with Crippen LogP contribution in [0.1, 0.15) is 73.9 Å². The van der Waals surface area contributed by atoms with Crippen LogP contribution < -0.4 is 21.1 Å². The third-order valence-electron chi connectivity index (χ3n) is 15.6. The van der Waals surface area contributed by atoms with E-state index in [9.17, 15) is 0 Å². The Morgan fingerprint density at radius 3 is 1.93 bits per heavy atom. The van der Waals surface area contributed by atoms with Crippen molar-refractivity contribution >= 4 is 78.2 Å². The molecule has 9 aromatic carbocycles. The van der Waals surface area contributed by atoms with Crippen LogP contribution in [0.5, 0.6) is 0 Å². The van der Waals surface area contributed by atoms with Crippen LogP contribution in [-0.4, -0.2) is 7.28 Å². The van der Waals surface area contributed by atoms with Gasteiger partial charge in [-0.2, -0.15) is 0 Å². The number of thiophene rings is 1. The van der Waals surface area contributed by atoms with Crippen molar-refractivity contribution in [2.24, 2.45) is 0 Å². The van der Waals surface area contributed by atoms with Gasteiger partial charge in [-0.25, -0.2) is 0 Å². The molecule has 0 amide bonds. The Morgan fingerprint density at radius 2 is 1.16 bits per heavy atom. The van der Waals surface area contributed by atoms with Gasteiger partial charge in [0, 0.05) is 48.5 Å². The SMILES string of the molecule is CC1(C)CCC(C)(C)c2cc(Nc3ccc4c(sc5ccccc54)c3-c3cc(-c4ccccc4)cc4c3Bc3cccc5c3N4c3ccccc3C5(c3ccccc3)c3ccccc3)ccc21. The number of nitrogens with one attached hydrogen (secondary N) is 1. The quantitative estimate of drug-likeness (QED) is 0.167. The summed E-state index contributed by atoms with van der Waals surface area (Å²) in [6.45, 7) is 9.67. The first-order valence-electron chi connectivity index (χ1n) is 23.9. The van der Waals surface area contributed by atoms with Gasteiger partial charge in [-0.15, -0.1) is 11.3 Å². The lowest BCUT2D eigenvalue weighted by molar-refractivity contribution is 0.332. The fourth-order valence-corrected chi connectivity index (χ4v) is 13.5. The van der Waals surface area contributed by atoms with Gasteiger partial charge in [0.1, 0.15) is 0 Å². The minimum absolute atomic E-state index is 0.0967. The molecule has 67 heavy (non-hydrogen) atoms. The zero-order chi connectivity index (χ0) is 45.1. The molecule has 1 aromatic heterocycles. The van der Waals surface area contributed by atoms with E-state index in [-0.39, 0.29) is 10.8 Å². The molecule has 2 nitrogen and oxygen atoms in total. The molecule has 0 unspecified atom stereocenters. The maximum atomic E-state index is 4.11. The van der Waals surface area contributed by atoms with Gasteiger partial charge in [0.05, 0.1) is 11.1 Å². The standard InChI is InChI=1S/C63H51BN2S/c1-61(2)35-36-62(3,4)51-39-44(31-33-48(51)61)65-53-34-32-46-45-25-14-17-30-56(45)67-60(46)57(53)47-37-41(40-19-8-5-9-20-40)38-55-58(47)64-52-28-18-27-50-59(52)66(55)54-29-16-15-26-49(54)63(50,42-21-10-6-11-22-42)43-23-12-7-13-24-43/h5-34,37-39,64-65H,35-36H2,1-4H3. The van der Waals surface area contributed by atoms with Crippen LogP contribution in [0.25, 0.3) is 42.4 Å². The maximum absolute atomic E-state index is 4.11. The lowest BCUT2D eigenvalue weighted by Crippen LogP contribution is -2.47. The van der Waals surface area contributed by atoms with E-state index < -0.39 is 5.41 Å². The fraction of sp³-hybridized carbons (Fsp3) is 0.143. The van der Waals surface area contributed by atoms with Crippen molar-refractivity contribution in [1.29, 1.82) is 0 Å². The lowest BCUT2D eigenvalue weighted by Gasteiger charge is -2.49. The molecule has 1 aliphatic carbocycles. The fourth-order valence-electron chi connectivity index (χ4n) is 12.2. The Hall–Kier alpha value is -7.14. The minimum atomic E-state index is -0.531. The highest BCUT2D eigenvalue weighted by Gasteiger charge is 2.48. The highest BCUT2D eigenvalue weighted by Crippen LogP contribution is 2.58. The molecule has 3 aliphatic rings. The Labute approximate surface area is 398 Å². The number of nitrogens with zero attached hydrogens (tertiary/aromatic N) is 1. The van der Waals surface area contributed by atoms with Crippen LogP contribution in [0.4, 0.5) is 28.4 Å². The van der Waals surface area contributed by atoms with E-state index in [2.05, 4.69) is 238 Å². The molecule has 0 radical (unpaired) electrons. The van der Waals surface area contributed by atoms with Gasteiger partial charge in [0.2, 0.25) is 0 Å². The smallest absolute Gasteiger partial charge is 0.198 e. The maximum Gasteiger partial charge on any atom is 0.198 e. The predicted octanol–water partition coefficient (Wildman–Crippen LogP) is 15.3. The molecule has 10 aromatic rings. The molecule has 0 spiro atoms. The molecule has 2 aliphatic heterocycles. The lowest BCUT2D eigenvalue weighted by atomic mass is 9.54. The summed E-state index contributed by atoms with van der Waals surface area (Å²) >= 11 is 1.92. The van der Waals surface area contributed by atoms with E-state index in [1.54, 1.807) is 0 Å². The van der Waals surface area contributed by atoms with Crippen LogP contribution in [0, 0.1) is 0 Å². The molecule has 4 heteroatoms. The highest BCUT2D eigenvalue weighted by molar-refractivity contribution is 7.26. The van der Waals surface area contributed by atoms with Gasteiger partial charge in [-0.05, 0) is 122 Å². The zero-order valence-corrected chi connectivity index (χ0v) is 39.3. The Kier molecular flexibility index (Phi) is 8.96. The number of benzene rings is 9. The van der Waals surface area contributed by atoms with E-state index in [1.807, 2.05) is 11.3 Å². The van der Waals surface area contributed by atoms with Crippen molar-refractivity contribution in [3.05, 3.63) is 234 Å². The van der Waals surface area contributed by atoms with Crippen molar-refractivity contribution < 1.29 is 0 Å². The number of anilines is 5. The molecule has 3 heterocycles. The van der Waals surface area contributed by atoms with Crippen LogP contribution in [0.2, 0.25) is 0 Å². The van der Waals surface area contributed by atoms with E-state index >= 15 is 0 Å². The van der Waals surface area contributed by atoms with Crippen LogP contribution in [0.3, 0.4) is 0 Å². The molecule has 0 saturated carbocycles. The summed E-state index contributed by atoms with van der Waals surface area (Å²) < 4.78 is 2.61. The first kappa shape index (κ1) is 40.2. The average molecular weight is 879 g/mol. The number of hydrogen-bond donors (Lipinski definition) is 1. The van der Waals surface area contributed by atoms with Gasteiger partial charge in [0.15, 0.2) is 7.28 Å². The van der Waals surface area contributed by atoms with Crippen molar-refractivity contribution in [2.45, 2.75) is 56.8 Å². The Morgan fingerprint density at radius 1 is 0.507 bits per heavy atom. The van der Waals surface area contributed by atoms with Gasteiger partial charge < -0.3 is 10.2 Å². The second-order valence-electron chi connectivity index (χ2n) is 20.3. The molecular weight excluding hydrogens is 828 g/mol. The van der Waals surface area contributed by atoms with E-state index in [0.717, 1.165) is 18.7 Å². The third-order valence-corrected chi connectivity index (χ3v) is 16.8. The number of hydrogen-bond acceptors (Lipinski definition) is 3. The molecule has 13 rings (SSSR count). The second-order valence-corrected chi connectivity index (χ2v) is 21.4. The summed E-state index contributed by atoms with van der Waals surface area (Å²) in [7, 11) is 0.796. The first-order chi connectivity index (χ1) is 32.7. The summed E-state index contributed by atoms with van der Waals surface area (Å²) in [5.74, 6) is 0. The summed E-state index contributed by atoms with van der Waals surface area (Å²) in [6, 6.07) is 75.5. The normalized spacial score (nSPS) is 15.8. The summed E-state index contributed by atoms with van der Waals surface area (Å²) in [5.41, 5.74) is 21.4. The Balaban J connectivity index is 1.10. The van der Waals surface area contributed by atoms with Crippen LogP contribution in [-0.2, 0) is 16.2 Å². The van der Waals surface area contributed by atoms with Crippen molar-refractivity contribution in [1.82, 2.24) is 0 Å². The highest BCUT2D eigenvalue weighted by atomic mass is 32.1. The summed E-state index contributed by atoms with van der Waals surface area (Å²) in [6.07, 6.45) is 2.37. The van der Waals surface area contributed by atoms with Gasteiger partial charge in [0.25, 0.3) is 0 Å². The largest absolute Gasteiger partial charge is 0.355 e. The minimum Gasteiger partial charge on any atom is -0.355 e. The molecule has 0 fully saturated rings. The van der Waals surface area contributed by atoms with E-state index in [1.165, 1.54) is 117 Å². The van der Waals surface area contributed by atoms with Crippen molar-refractivity contribution in [3.63, 3.8) is 0 Å². The second kappa shape index (κ2) is 14.9. The predicted molar refractivity (Wildman–Crippen MR) is 288 cm³/mol. The van der Waals surface area contributed by atoms with E-state index in [0.29, 0.717) is 0 Å². The molecule has 1 N–H and O–H groups in total.